The summed E-state index contributed by atoms with van der Waals surface area (Å²) in [6, 6.07) is 1.46. The monoisotopic (exact) mass is 355 g/mol. The first kappa shape index (κ1) is 19.9. The van der Waals surface area contributed by atoms with Crippen LogP contribution in [-0.2, 0) is 19.6 Å². The molecule has 2 N–H and O–H groups in total. The molecule has 0 aliphatic heterocycles. The first-order chi connectivity index (χ1) is 9.94. The van der Waals surface area contributed by atoms with E-state index in [0.29, 0.717) is 12.8 Å². The molecule has 0 saturated heterocycles. The Balaban J connectivity index is 0.00000242. The summed E-state index contributed by atoms with van der Waals surface area (Å²) in [5.41, 5.74) is 0.253. The Morgan fingerprint density at radius 1 is 1.55 bits per heavy atom. The predicted molar refractivity (Wildman–Crippen MR) is 81.6 cm³/mol. The van der Waals surface area contributed by atoms with E-state index in [1.54, 1.807) is 0 Å². The Hall–Kier alpha value is -0.104. The molecule has 1 aromatic heterocycles. The van der Waals surface area contributed by atoms with Crippen LogP contribution in [0.3, 0.4) is 0 Å². The summed E-state index contributed by atoms with van der Waals surface area (Å²) in [4.78, 5) is 19.1. The summed E-state index contributed by atoms with van der Waals surface area (Å²) in [6.45, 7) is 0.268. The van der Waals surface area contributed by atoms with Gasteiger partial charge in [0.1, 0.15) is 5.92 Å². The molecule has 0 spiro atoms. The number of aromatic nitrogens is 2. The second-order valence-electron chi connectivity index (χ2n) is 4.82. The summed E-state index contributed by atoms with van der Waals surface area (Å²) in [6.07, 6.45) is 2.84. The third-order valence-corrected chi connectivity index (χ3v) is 4.96. The van der Waals surface area contributed by atoms with Crippen molar-refractivity contribution in [2.75, 3.05) is 18.4 Å². The number of nitrogens with one attached hydrogen (secondary N) is 1. The first-order valence-corrected chi connectivity index (χ1v) is 8.05. The second kappa shape index (κ2) is 8.67. The molecule has 0 amide bonds. The fraction of sp³-hybridized carbons (Fsp3) is 0.583. The van der Waals surface area contributed by atoms with Gasteiger partial charge in [-0.3, -0.25) is 9.52 Å². The van der Waals surface area contributed by atoms with Crippen molar-refractivity contribution in [2.45, 2.75) is 30.4 Å². The molecule has 1 fully saturated rings. The zero-order valence-corrected chi connectivity index (χ0v) is 12.3. The summed E-state index contributed by atoms with van der Waals surface area (Å²) < 4.78 is 30.8. The number of carbonyl (C=O) groups is 1. The van der Waals surface area contributed by atoms with E-state index in [1.165, 1.54) is 19.4 Å². The zero-order chi connectivity index (χ0) is 15.5. The van der Waals surface area contributed by atoms with Gasteiger partial charge in [-0.25, -0.2) is 18.4 Å². The summed E-state index contributed by atoms with van der Waals surface area (Å²) in [7, 11) is -1.99. The SMILES string of the molecule is COCCC(C(=O)O)c1ccnc(NS(=O)(=O)C2CC2)n1.[KH]. The second-order valence-corrected chi connectivity index (χ2v) is 6.78. The van der Waals surface area contributed by atoms with E-state index in [2.05, 4.69) is 14.7 Å². The number of carboxylic acids is 1. The number of methoxy groups -OCH3 is 1. The van der Waals surface area contributed by atoms with Gasteiger partial charge < -0.3 is 9.84 Å². The van der Waals surface area contributed by atoms with Gasteiger partial charge in [-0.05, 0) is 25.3 Å². The first-order valence-electron chi connectivity index (χ1n) is 6.50. The molecule has 1 aromatic rings. The average molecular weight is 355 g/mol. The van der Waals surface area contributed by atoms with Crippen molar-refractivity contribution in [1.82, 2.24) is 9.97 Å². The van der Waals surface area contributed by atoms with Crippen molar-refractivity contribution in [1.29, 1.82) is 0 Å². The third-order valence-electron chi connectivity index (χ3n) is 3.14. The van der Waals surface area contributed by atoms with Gasteiger partial charge in [-0.15, -0.1) is 0 Å². The molecule has 10 heteroatoms. The molecule has 8 nitrogen and oxygen atoms in total. The number of aliphatic carboxylic acids is 1. The van der Waals surface area contributed by atoms with Gasteiger partial charge in [-0.1, -0.05) is 0 Å². The van der Waals surface area contributed by atoms with E-state index in [0.717, 1.165) is 0 Å². The van der Waals surface area contributed by atoms with Crippen LogP contribution in [0.4, 0.5) is 5.95 Å². The minimum atomic E-state index is -3.47. The Morgan fingerprint density at radius 2 is 2.23 bits per heavy atom. The zero-order valence-electron chi connectivity index (χ0n) is 11.5. The van der Waals surface area contributed by atoms with Gasteiger partial charge in [0.15, 0.2) is 0 Å². The molecule has 1 heterocycles. The molecule has 0 bridgehead atoms. The summed E-state index contributed by atoms with van der Waals surface area (Å²) >= 11 is 0. The number of hydrogen-bond donors (Lipinski definition) is 2. The molecule has 1 aliphatic rings. The van der Waals surface area contributed by atoms with Gasteiger partial charge >= 0.3 is 57.4 Å². The Labute approximate surface area is 171 Å². The minimum absolute atomic E-state index is 0. The van der Waals surface area contributed by atoms with Crippen molar-refractivity contribution >= 4 is 73.3 Å². The number of nitrogens with zero attached hydrogens (tertiary/aromatic N) is 2. The van der Waals surface area contributed by atoms with E-state index in [4.69, 9.17) is 4.74 Å². The number of hydrogen-bond acceptors (Lipinski definition) is 6. The molecular weight excluding hydrogens is 337 g/mol. The number of anilines is 1. The number of sulfonamides is 1. The van der Waals surface area contributed by atoms with Crippen molar-refractivity contribution in [3.8, 4) is 0 Å². The van der Waals surface area contributed by atoms with Crippen molar-refractivity contribution in [2.24, 2.45) is 0 Å². The normalized spacial score (nSPS) is 15.7. The van der Waals surface area contributed by atoms with Crippen LogP contribution in [0.1, 0.15) is 30.9 Å². The Bertz CT molecular complexity index is 621. The van der Waals surface area contributed by atoms with Crippen molar-refractivity contribution in [3.05, 3.63) is 18.0 Å². The van der Waals surface area contributed by atoms with Crippen LogP contribution < -0.4 is 4.72 Å². The molecule has 1 aliphatic carbocycles. The average Bonchev–Trinajstić information content (AvgIpc) is 3.23. The standard InChI is InChI=1S/C12H17N3O5S.K.H/c1-20-7-5-9(11(16)17)10-4-6-13-12(14-10)15-21(18,19)8-2-3-8;;/h4,6,8-9H,2-3,5,7H2,1H3,(H,16,17)(H,13,14,15);;. The topological polar surface area (TPSA) is 118 Å². The maximum absolute atomic E-state index is 11.8. The Kier molecular flexibility index (Phi) is 7.86. The number of rotatable bonds is 8. The number of ether oxygens (including phenoxy) is 1. The van der Waals surface area contributed by atoms with Crippen molar-refractivity contribution in [3.63, 3.8) is 0 Å². The van der Waals surface area contributed by atoms with Crippen LogP contribution in [-0.4, -0.2) is 99.8 Å². The molecule has 1 saturated carbocycles. The molecule has 0 radical (unpaired) electrons. The van der Waals surface area contributed by atoms with Gasteiger partial charge in [0.05, 0.1) is 10.9 Å². The van der Waals surface area contributed by atoms with E-state index in [1.807, 2.05) is 0 Å². The van der Waals surface area contributed by atoms with E-state index < -0.39 is 27.2 Å². The fourth-order valence-electron chi connectivity index (χ4n) is 1.84. The summed E-state index contributed by atoms with van der Waals surface area (Å²) in [5.74, 6) is -2.00. The third kappa shape index (κ3) is 5.51. The van der Waals surface area contributed by atoms with Crippen LogP contribution in [0.25, 0.3) is 0 Å². The van der Waals surface area contributed by atoms with Gasteiger partial charge in [0.25, 0.3) is 0 Å². The number of carboxylic acid groups (broad SMARTS) is 1. The molecule has 0 aromatic carbocycles. The quantitative estimate of drug-likeness (QED) is 0.627. The summed E-state index contributed by atoms with van der Waals surface area (Å²) in [5, 5.41) is 8.83. The molecule has 1 unspecified atom stereocenters. The molecule has 1 atom stereocenters. The molecule has 22 heavy (non-hydrogen) atoms. The van der Waals surface area contributed by atoms with Crippen LogP contribution in [0.5, 0.6) is 0 Å². The molecule has 2 rings (SSSR count). The van der Waals surface area contributed by atoms with Crippen LogP contribution >= 0.6 is 0 Å². The predicted octanol–water partition coefficient (Wildman–Crippen LogP) is -0.0631. The fourth-order valence-corrected chi connectivity index (χ4v) is 3.11. The van der Waals surface area contributed by atoms with Gasteiger partial charge in [-0.2, -0.15) is 0 Å². The van der Waals surface area contributed by atoms with E-state index >= 15 is 0 Å². The van der Waals surface area contributed by atoms with Crippen LogP contribution in [0.2, 0.25) is 0 Å². The molecular formula is C12H18KN3O5S. The van der Waals surface area contributed by atoms with Crippen LogP contribution in [0.15, 0.2) is 12.3 Å². The van der Waals surface area contributed by atoms with E-state index in [9.17, 15) is 18.3 Å². The van der Waals surface area contributed by atoms with Crippen molar-refractivity contribution < 1.29 is 23.1 Å². The molecule has 118 valence electrons. The Morgan fingerprint density at radius 3 is 2.77 bits per heavy atom. The van der Waals surface area contributed by atoms with Crippen LogP contribution in [0, 0.1) is 0 Å². The van der Waals surface area contributed by atoms with Gasteiger partial charge in [0, 0.05) is 19.9 Å². The van der Waals surface area contributed by atoms with E-state index in [-0.39, 0.29) is 76.1 Å². The maximum atomic E-state index is 11.8. The van der Waals surface area contributed by atoms with Gasteiger partial charge in [0.2, 0.25) is 16.0 Å².